The highest BCUT2D eigenvalue weighted by Crippen LogP contribution is 2.25. The summed E-state index contributed by atoms with van der Waals surface area (Å²) >= 11 is 0. The molecule has 182 valence electrons. The van der Waals surface area contributed by atoms with Crippen molar-refractivity contribution in [3.8, 4) is 0 Å². The molecule has 12 nitrogen and oxygen atoms in total. The maximum atomic E-state index is 11.8. The topological polar surface area (TPSA) is 185 Å². The number of carbonyl (C=O) groups is 1. The summed E-state index contributed by atoms with van der Waals surface area (Å²) in [5.74, 6) is -0.476. The Labute approximate surface area is 180 Å². The van der Waals surface area contributed by atoms with Gasteiger partial charge in [-0.3, -0.25) is 4.79 Å². The summed E-state index contributed by atoms with van der Waals surface area (Å²) in [6.07, 6.45) is -12.0. The molecule has 6 N–H and O–H groups in total. The molecule has 3 unspecified atom stereocenters. The van der Waals surface area contributed by atoms with Crippen LogP contribution >= 0.6 is 0 Å². The number of aliphatic hydroxyl groups is 6. The molecule has 31 heavy (non-hydrogen) atoms. The van der Waals surface area contributed by atoms with Gasteiger partial charge in [0.05, 0.1) is 32.3 Å². The number of hydrogen-bond acceptors (Lipinski definition) is 12. The van der Waals surface area contributed by atoms with E-state index in [1.54, 1.807) is 6.92 Å². The van der Waals surface area contributed by atoms with Gasteiger partial charge in [-0.2, -0.15) is 0 Å². The van der Waals surface area contributed by atoms with Crippen molar-refractivity contribution in [2.24, 2.45) is 0 Å². The van der Waals surface area contributed by atoms with Gasteiger partial charge in [-0.1, -0.05) is 13.3 Å². The van der Waals surface area contributed by atoms with E-state index in [1.807, 2.05) is 6.92 Å². The van der Waals surface area contributed by atoms with Crippen LogP contribution in [0.1, 0.15) is 33.1 Å². The van der Waals surface area contributed by atoms with Crippen LogP contribution in [0, 0.1) is 0 Å². The zero-order valence-corrected chi connectivity index (χ0v) is 17.6. The Kier molecular flexibility index (Phi) is 10.5. The predicted octanol–water partition coefficient (Wildman–Crippen LogP) is -2.61. The fourth-order valence-electron chi connectivity index (χ4n) is 3.18. The highest BCUT2D eigenvalue weighted by atomic mass is 16.7. The molecular formula is C19H34O12. The Balaban J connectivity index is 1.87. The average Bonchev–Trinajstić information content (AvgIpc) is 2.72. The van der Waals surface area contributed by atoms with Gasteiger partial charge in [0, 0.05) is 0 Å². The number of ether oxygens (including phenoxy) is 5. The third kappa shape index (κ3) is 7.29. The van der Waals surface area contributed by atoms with Crippen LogP contribution in [0.3, 0.4) is 0 Å². The van der Waals surface area contributed by atoms with E-state index >= 15 is 0 Å². The number of rotatable bonds is 10. The minimum atomic E-state index is -1.62. The lowest BCUT2D eigenvalue weighted by atomic mass is 9.99. The van der Waals surface area contributed by atoms with Crippen LogP contribution in [0.2, 0.25) is 0 Å². The lowest BCUT2D eigenvalue weighted by Gasteiger charge is -2.42. The number of esters is 1. The molecule has 0 bridgehead atoms. The van der Waals surface area contributed by atoms with Crippen molar-refractivity contribution < 1.29 is 59.1 Å². The van der Waals surface area contributed by atoms with Crippen LogP contribution < -0.4 is 0 Å². The van der Waals surface area contributed by atoms with Crippen LogP contribution in [0.4, 0.5) is 0 Å². The van der Waals surface area contributed by atoms with Crippen LogP contribution in [0.5, 0.6) is 0 Å². The Bertz CT molecular complexity index is 548. The first-order valence-corrected chi connectivity index (χ1v) is 10.4. The third-order valence-corrected chi connectivity index (χ3v) is 5.13. The Morgan fingerprint density at radius 3 is 2.35 bits per heavy atom. The standard InChI is InChI=1S/C19H34O12/c1-3-4-5-27-12(21)6-9(2)30-19-17(26)15(24)14(23)11(31-19)8-29-18-16(25)13(22)10(20)7-28-18/h9-11,13-20,22-26H,3-8H2,1-2H3/t9-,10-,11?,13-,14+,15-,16?,17?,18-,19+/m0/s1. The van der Waals surface area contributed by atoms with Crippen molar-refractivity contribution in [3.63, 3.8) is 0 Å². The Morgan fingerprint density at radius 1 is 1.00 bits per heavy atom. The van der Waals surface area contributed by atoms with Crippen molar-refractivity contribution in [3.05, 3.63) is 0 Å². The van der Waals surface area contributed by atoms with Gasteiger partial charge in [-0.05, 0) is 13.3 Å². The summed E-state index contributed by atoms with van der Waals surface area (Å²) in [7, 11) is 0. The van der Waals surface area contributed by atoms with Crippen LogP contribution in [-0.2, 0) is 28.5 Å². The highest BCUT2D eigenvalue weighted by molar-refractivity contribution is 5.69. The van der Waals surface area contributed by atoms with Crippen molar-refractivity contribution in [2.45, 2.75) is 94.5 Å². The molecule has 0 saturated carbocycles. The molecule has 2 saturated heterocycles. The molecule has 0 aromatic heterocycles. The summed E-state index contributed by atoms with van der Waals surface area (Å²) in [6.45, 7) is 3.18. The molecule has 2 aliphatic rings. The lowest BCUT2D eigenvalue weighted by Crippen LogP contribution is -2.60. The van der Waals surface area contributed by atoms with Gasteiger partial charge < -0.3 is 54.3 Å². The molecule has 2 heterocycles. The third-order valence-electron chi connectivity index (χ3n) is 5.13. The minimum absolute atomic E-state index is 0.0988. The predicted molar refractivity (Wildman–Crippen MR) is 101 cm³/mol. The van der Waals surface area contributed by atoms with Gasteiger partial charge in [-0.25, -0.2) is 0 Å². The van der Waals surface area contributed by atoms with Crippen molar-refractivity contribution in [2.75, 3.05) is 19.8 Å². The SMILES string of the molecule is CCCCOC(=O)C[C@H](C)O[C@@H]1OC(CO[C@@H]2OC[C@H](O)[C@H](O)C2O)[C@@H](O)[C@H](O)C1O. The molecule has 2 fully saturated rings. The molecule has 0 amide bonds. The Hall–Kier alpha value is -0.930. The van der Waals surface area contributed by atoms with Gasteiger partial charge in [-0.15, -0.1) is 0 Å². The molecule has 0 aromatic carbocycles. The molecule has 0 spiro atoms. The van der Waals surface area contributed by atoms with Gasteiger partial charge in [0.15, 0.2) is 12.6 Å². The Morgan fingerprint density at radius 2 is 1.68 bits per heavy atom. The van der Waals surface area contributed by atoms with E-state index in [1.165, 1.54) is 0 Å². The monoisotopic (exact) mass is 454 g/mol. The largest absolute Gasteiger partial charge is 0.466 e. The van der Waals surface area contributed by atoms with E-state index in [0.717, 1.165) is 12.8 Å². The molecule has 12 heteroatoms. The normalized spacial score (nSPS) is 39.8. The maximum absolute atomic E-state index is 11.8. The average molecular weight is 454 g/mol. The highest BCUT2D eigenvalue weighted by Gasteiger charge is 2.46. The van der Waals surface area contributed by atoms with E-state index in [0.29, 0.717) is 6.61 Å². The molecule has 0 radical (unpaired) electrons. The number of unbranched alkanes of at least 4 members (excludes halogenated alkanes) is 1. The first-order valence-electron chi connectivity index (χ1n) is 10.4. The van der Waals surface area contributed by atoms with Crippen molar-refractivity contribution in [1.82, 2.24) is 0 Å². The second-order valence-corrected chi connectivity index (χ2v) is 7.82. The molecular weight excluding hydrogens is 420 g/mol. The summed E-state index contributed by atoms with van der Waals surface area (Å²) in [5, 5.41) is 59.5. The van der Waals surface area contributed by atoms with Gasteiger partial charge in [0.25, 0.3) is 0 Å². The first kappa shape index (κ1) is 26.3. The van der Waals surface area contributed by atoms with E-state index < -0.39 is 67.4 Å². The van der Waals surface area contributed by atoms with E-state index in [-0.39, 0.29) is 19.6 Å². The van der Waals surface area contributed by atoms with E-state index in [2.05, 4.69) is 0 Å². The number of carbonyl (C=O) groups excluding carboxylic acids is 1. The summed E-state index contributed by atoms with van der Waals surface area (Å²) in [6, 6.07) is 0. The number of aliphatic hydroxyl groups excluding tert-OH is 6. The van der Waals surface area contributed by atoms with Gasteiger partial charge in [0.2, 0.25) is 0 Å². The second-order valence-electron chi connectivity index (χ2n) is 7.82. The minimum Gasteiger partial charge on any atom is -0.466 e. The molecule has 0 aromatic rings. The zero-order valence-electron chi connectivity index (χ0n) is 17.6. The van der Waals surface area contributed by atoms with Gasteiger partial charge >= 0.3 is 5.97 Å². The second kappa shape index (κ2) is 12.3. The quantitative estimate of drug-likeness (QED) is 0.149. The fraction of sp³-hybridized carbons (Fsp3) is 0.947. The smallest absolute Gasteiger partial charge is 0.308 e. The fourth-order valence-corrected chi connectivity index (χ4v) is 3.18. The maximum Gasteiger partial charge on any atom is 0.308 e. The van der Waals surface area contributed by atoms with E-state index in [4.69, 9.17) is 23.7 Å². The van der Waals surface area contributed by atoms with Gasteiger partial charge in [0.1, 0.15) is 42.7 Å². The number of hydrogen-bond donors (Lipinski definition) is 6. The van der Waals surface area contributed by atoms with Crippen LogP contribution in [-0.4, -0.2) is 118 Å². The lowest BCUT2D eigenvalue weighted by molar-refractivity contribution is -0.326. The zero-order chi connectivity index (χ0) is 23.1. The molecule has 10 atom stereocenters. The van der Waals surface area contributed by atoms with E-state index in [9.17, 15) is 35.4 Å². The van der Waals surface area contributed by atoms with Crippen LogP contribution in [0.15, 0.2) is 0 Å². The summed E-state index contributed by atoms with van der Waals surface area (Å²) in [4.78, 5) is 11.8. The summed E-state index contributed by atoms with van der Waals surface area (Å²) < 4.78 is 26.5. The van der Waals surface area contributed by atoms with Crippen molar-refractivity contribution in [1.29, 1.82) is 0 Å². The first-order chi connectivity index (χ1) is 14.6. The molecule has 2 aliphatic heterocycles. The van der Waals surface area contributed by atoms with Crippen LogP contribution in [0.25, 0.3) is 0 Å². The summed E-state index contributed by atoms with van der Waals surface area (Å²) in [5.41, 5.74) is 0. The molecule has 0 aliphatic carbocycles. The van der Waals surface area contributed by atoms with Crippen molar-refractivity contribution >= 4 is 5.97 Å². The molecule has 2 rings (SSSR count).